The van der Waals surface area contributed by atoms with Gasteiger partial charge in [-0.05, 0) is 24.1 Å². The minimum absolute atomic E-state index is 0.0702. The molecule has 1 fully saturated rings. The number of nitrogens with zero attached hydrogens (tertiary/aromatic N) is 2. The second-order valence-corrected chi connectivity index (χ2v) is 5.69. The molecule has 0 bridgehead atoms. The Hall–Kier alpha value is -2.74. The zero-order valence-electron chi connectivity index (χ0n) is 13.4. The summed E-state index contributed by atoms with van der Waals surface area (Å²) < 4.78 is 11.3. The van der Waals surface area contributed by atoms with Crippen molar-refractivity contribution < 1.29 is 19.4 Å². The normalized spacial score (nSPS) is 17.2. The van der Waals surface area contributed by atoms with Crippen LogP contribution in [0.2, 0.25) is 0 Å². The van der Waals surface area contributed by atoms with Gasteiger partial charge in [-0.15, -0.1) is 0 Å². The summed E-state index contributed by atoms with van der Waals surface area (Å²) >= 11 is 0. The number of hydrogen-bond acceptors (Lipinski definition) is 5. The molecule has 1 aromatic heterocycles. The standard InChI is InChI=1S/C16H20N4O4/c1-23-14-6-10(2-3-12(14)13-7-15(17)19-18-13)9-24-11-4-5-20(8-11)16(21)22/h2-3,6-7,11H,4-5,8-9H2,1H3,(H,21,22)(H3,17,18,19)/t11-/m1/s1. The molecule has 0 aliphatic carbocycles. The van der Waals surface area contributed by atoms with E-state index in [0.717, 1.165) is 23.2 Å². The van der Waals surface area contributed by atoms with Gasteiger partial charge in [-0.25, -0.2) is 4.79 Å². The van der Waals surface area contributed by atoms with E-state index < -0.39 is 6.09 Å². The molecule has 24 heavy (non-hydrogen) atoms. The Bertz CT molecular complexity index is 731. The average Bonchev–Trinajstić information content (AvgIpc) is 3.21. The SMILES string of the molecule is COc1cc(CO[C@@H]2CCN(C(=O)O)C2)ccc1-c1cc(N)n[nH]1. The van der Waals surface area contributed by atoms with Crippen molar-refractivity contribution in [2.24, 2.45) is 0 Å². The first-order chi connectivity index (χ1) is 11.6. The van der Waals surface area contributed by atoms with Gasteiger partial charge in [0.05, 0.1) is 32.1 Å². The number of rotatable bonds is 5. The van der Waals surface area contributed by atoms with E-state index in [9.17, 15) is 4.79 Å². The van der Waals surface area contributed by atoms with Gasteiger partial charge in [0.15, 0.2) is 0 Å². The van der Waals surface area contributed by atoms with Gasteiger partial charge in [-0.1, -0.05) is 6.07 Å². The molecular formula is C16H20N4O4. The minimum Gasteiger partial charge on any atom is -0.496 e. The highest BCUT2D eigenvalue weighted by atomic mass is 16.5. The van der Waals surface area contributed by atoms with Crippen molar-refractivity contribution in [3.8, 4) is 17.0 Å². The molecule has 3 rings (SSSR count). The van der Waals surface area contributed by atoms with Crippen LogP contribution >= 0.6 is 0 Å². The van der Waals surface area contributed by atoms with Crippen LogP contribution in [0.15, 0.2) is 24.3 Å². The molecule has 2 aromatic rings. The lowest BCUT2D eigenvalue weighted by Crippen LogP contribution is -2.28. The molecule has 8 nitrogen and oxygen atoms in total. The van der Waals surface area contributed by atoms with E-state index in [1.807, 2.05) is 18.2 Å². The zero-order valence-corrected chi connectivity index (χ0v) is 13.4. The van der Waals surface area contributed by atoms with Crippen molar-refractivity contribution in [3.63, 3.8) is 0 Å². The minimum atomic E-state index is -0.897. The van der Waals surface area contributed by atoms with E-state index in [1.54, 1.807) is 13.2 Å². The van der Waals surface area contributed by atoms with Crippen LogP contribution in [0, 0.1) is 0 Å². The molecule has 128 valence electrons. The van der Waals surface area contributed by atoms with Crippen molar-refractivity contribution in [1.29, 1.82) is 0 Å². The Kier molecular flexibility index (Phi) is 4.57. The maximum atomic E-state index is 10.9. The van der Waals surface area contributed by atoms with Crippen molar-refractivity contribution in [2.45, 2.75) is 19.1 Å². The number of amides is 1. The quantitative estimate of drug-likeness (QED) is 0.771. The molecule has 1 aromatic carbocycles. The second kappa shape index (κ2) is 6.79. The number of nitrogens with two attached hydrogens (primary N) is 1. The van der Waals surface area contributed by atoms with Gasteiger partial charge in [0.2, 0.25) is 0 Å². The predicted octanol–water partition coefficient (Wildman–Crippen LogP) is 1.94. The number of aromatic nitrogens is 2. The zero-order chi connectivity index (χ0) is 17.1. The third-order valence-electron chi connectivity index (χ3n) is 4.06. The van der Waals surface area contributed by atoms with Crippen LogP contribution in [0.4, 0.5) is 10.6 Å². The van der Waals surface area contributed by atoms with Crippen molar-refractivity contribution in [1.82, 2.24) is 15.1 Å². The van der Waals surface area contributed by atoms with Crippen LogP contribution in [0.3, 0.4) is 0 Å². The van der Waals surface area contributed by atoms with Crippen LogP contribution in [0.5, 0.6) is 5.75 Å². The van der Waals surface area contributed by atoms with Crippen LogP contribution in [-0.4, -0.2) is 52.6 Å². The molecule has 4 N–H and O–H groups in total. The van der Waals surface area contributed by atoms with Crippen LogP contribution in [0.1, 0.15) is 12.0 Å². The predicted molar refractivity (Wildman–Crippen MR) is 87.8 cm³/mol. The van der Waals surface area contributed by atoms with Crippen molar-refractivity contribution in [2.75, 3.05) is 25.9 Å². The first-order valence-corrected chi connectivity index (χ1v) is 7.64. The number of aromatic amines is 1. The Labute approximate surface area is 139 Å². The number of hydrogen-bond donors (Lipinski definition) is 3. The van der Waals surface area contributed by atoms with Crippen LogP contribution in [-0.2, 0) is 11.3 Å². The third kappa shape index (κ3) is 3.43. The fourth-order valence-electron chi connectivity index (χ4n) is 2.78. The summed E-state index contributed by atoms with van der Waals surface area (Å²) in [6, 6.07) is 7.50. The number of nitrogen functional groups attached to an aromatic ring is 1. The number of likely N-dealkylation sites (tertiary alicyclic amines) is 1. The lowest BCUT2D eigenvalue weighted by molar-refractivity contribution is 0.0465. The molecule has 2 heterocycles. The summed E-state index contributed by atoms with van der Waals surface area (Å²) in [4.78, 5) is 12.3. The second-order valence-electron chi connectivity index (χ2n) is 5.69. The van der Waals surface area contributed by atoms with E-state index in [2.05, 4.69) is 10.2 Å². The topological polar surface area (TPSA) is 114 Å². The van der Waals surface area contributed by atoms with Crippen LogP contribution in [0.25, 0.3) is 11.3 Å². The van der Waals surface area contributed by atoms with Gasteiger partial charge in [0.25, 0.3) is 0 Å². The van der Waals surface area contributed by atoms with E-state index in [1.165, 1.54) is 4.90 Å². The summed E-state index contributed by atoms with van der Waals surface area (Å²) in [6.07, 6.45) is -0.250. The van der Waals surface area contributed by atoms with Gasteiger partial charge < -0.3 is 25.2 Å². The maximum absolute atomic E-state index is 10.9. The van der Waals surface area contributed by atoms with E-state index in [0.29, 0.717) is 31.3 Å². The average molecular weight is 332 g/mol. The lowest BCUT2D eigenvalue weighted by Gasteiger charge is -2.14. The van der Waals surface area contributed by atoms with Crippen molar-refractivity contribution >= 4 is 11.9 Å². The highest BCUT2D eigenvalue weighted by Gasteiger charge is 2.26. The molecule has 1 aliphatic heterocycles. The monoisotopic (exact) mass is 332 g/mol. The molecule has 1 atom stereocenters. The molecule has 8 heteroatoms. The summed E-state index contributed by atoms with van der Waals surface area (Å²) in [5, 5.41) is 15.7. The third-order valence-corrected chi connectivity index (χ3v) is 4.06. The molecule has 0 radical (unpaired) electrons. The number of carboxylic acid groups (broad SMARTS) is 1. The van der Waals surface area contributed by atoms with Crippen LogP contribution < -0.4 is 10.5 Å². The molecule has 0 spiro atoms. The number of benzene rings is 1. The molecule has 0 unspecified atom stereocenters. The molecular weight excluding hydrogens is 312 g/mol. The Morgan fingerprint density at radius 1 is 1.50 bits per heavy atom. The van der Waals surface area contributed by atoms with Gasteiger partial charge in [0.1, 0.15) is 11.6 Å². The number of anilines is 1. The smallest absolute Gasteiger partial charge is 0.407 e. The summed E-state index contributed by atoms with van der Waals surface area (Å²) in [6.45, 7) is 1.33. The Morgan fingerprint density at radius 2 is 2.33 bits per heavy atom. The fraction of sp³-hybridized carbons (Fsp3) is 0.375. The number of ether oxygens (including phenoxy) is 2. The van der Waals surface area contributed by atoms with Crippen molar-refractivity contribution in [3.05, 3.63) is 29.8 Å². The summed E-state index contributed by atoms with van der Waals surface area (Å²) in [5.41, 5.74) is 8.24. The molecule has 0 saturated carbocycles. The highest BCUT2D eigenvalue weighted by Crippen LogP contribution is 2.30. The van der Waals surface area contributed by atoms with E-state index in [4.69, 9.17) is 20.3 Å². The largest absolute Gasteiger partial charge is 0.496 e. The highest BCUT2D eigenvalue weighted by molar-refractivity contribution is 5.69. The van der Waals surface area contributed by atoms with Gasteiger partial charge in [-0.3, -0.25) is 5.10 Å². The number of nitrogens with one attached hydrogen (secondary N) is 1. The number of methoxy groups -OCH3 is 1. The van der Waals surface area contributed by atoms with Gasteiger partial charge in [0, 0.05) is 18.2 Å². The number of H-pyrrole nitrogens is 1. The van der Waals surface area contributed by atoms with Gasteiger partial charge in [-0.2, -0.15) is 5.10 Å². The van der Waals surface area contributed by atoms with E-state index >= 15 is 0 Å². The Morgan fingerprint density at radius 3 is 2.96 bits per heavy atom. The molecule has 1 amide bonds. The molecule has 1 aliphatic rings. The fourth-order valence-corrected chi connectivity index (χ4v) is 2.78. The Balaban J connectivity index is 1.66. The number of carbonyl (C=O) groups is 1. The van der Waals surface area contributed by atoms with Gasteiger partial charge >= 0.3 is 6.09 Å². The first kappa shape index (κ1) is 16.1. The first-order valence-electron chi connectivity index (χ1n) is 7.64. The van der Waals surface area contributed by atoms with E-state index in [-0.39, 0.29) is 6.10 Å². The lowest BCUT2D eigenvalue weighted by atomic mass is 10.1. The summed E-state index contributed by atoms with van der Waals surface area (Å²) in [5.74, 6) is 1.11. The maximum Gasteiger partial charge on any atom is 0.407 e. The molecule has 1 saturated heterocycles. The summed E-state index contributed by atoms with van der Waals surface area (Å²) in [7, 11) is 1.60.